The van der Waals surface area contributed by atoms with Gasteiger partial charge in [-0.15, -0.1) is 10.9 Å². The summed E-state index contributed by atoms with van der Waals surface area (Å²) in [4.78, 5) is 15.9. The fourth-order valence-electron chi connectivity index (χ4n) is 11.3. The van der Waals surface area contributed by atoms with Crippen LogP contribution in [-0.4, -0.2) is 124 Å². The fraction of sp³-hybridized carbons (Fsp3) is 0. The third-order valence-electron chi connectivity index (χ3n) is 15.7. The van der Waals surface area contributed by atoms with Gasteiger partial charge in [0, 0.05) is 38.2 Å². The molecule has 0 atom stereocenters. The highest BCUT2D eigenvalue weighted by Crippen LogP contribution is 2.35. The van der Waals surface area contributed by atoms with Crippen molar-refractivity contribution >= 4 is 235 Å². The summed E-state index contributed by atoms with van der Waals surface area (Å²) in [5.74, 6) is 1.91. The van der Waals surface area contributed by atoms with E-state index in [-0.39, 0.29) is 0 Å². The molecule has 10 aromatic rings. The molecule has 64 heavy (non-hydrogen) atoms. The molecule has 4 heterocycles. The first-order valence-corrected chi connectivity index (χ1v) is 22.6. The van der Waals surface area contributed by atoms with Gasteiger partial charge in [0.25, 0.3) is 0 Å². The number of aromatic nitrogens is 3. The minimum absolute atomic E-state index is 0.610. The molecule has 1 aliphatic heterocycles. The molecule has 0 radical (unpaired) electrons. The average Bonchev–Trinajstić information content (AvgIpc) is 3.83. The predicted molar refractivity (Wildman–Crippen MR) is 314 cm³/mol. The highest BCUT2D eigenvalue weighted by molar-refractivity contribution is 6.84. The zero-order chi connectivity index (χ0) is 44.8. The molecule has 0 unspecified atom stereocenters. The molecule has 0 saturated carbocycles. The maximum atomic E-state index is 6.99. The molecule has 0 saturated heterocycles. The van der Waals surface area contributed by atoms with E-state index in [2.05, 4.69) is 144 Å². The van der Waals surface area contributed by atoms with Crippen molar-refractivity contribution < 1.29 is 8.83 Å². The topological polar surface area (TPSA) is 65.0 Å². The van der Waals surface area contributed by atoms with E-state index in [0.717, 1.165) is 57.1 Å². The maximum Gasteiger partial charge on any atom is 0.192 e. The smallest absolute Gasteiger partial charge is 0.192 e. The van der Waals surface area contributed by atoms with Crippen LogP contribution >= 0.6 is 0 Å². The van der Waals surface area contributed by atoms with Gasteiger partial charge in [0.05, 0.1) is 0 Å². The van der Waals surface area contributed by atoms with Gasteiger partial charge in [-0.1, -0.05) is 126 Å². The van der Waals surface area contributed by atoms with Crippen LogP contribution in [0, 0.1) is 0 Å². The quantitative estimate of drug-likeness (QED) is 0.166. The lowest BCUT2D eigenvalue weighted by atomic mass is 9.50. The summed E-state index contributed by atoms with van der Waals surface area (Å²) in [5, 5.41) is 4.74. The van der Waals surface area contributed by atoms with E-state index in [1.807, 2.05) is 30.3 Å². The first kappa shape index (κ1) is 40.8. The summed E-state index contributed by atoms with van der Waals surface area (Å²) >= 11 is 0. The average molecular weight is 805 g/mol. The molecule has 19 heteroatoms. The van der Waals surface area contributed by atoms with Crippen molar-refractivity contribution in [2.24, 2.45) is 0 Å². The molecule has 0 N–H and O–H groups in total. The molecule has 288 valence electrons. The Bertz CT molecular complexity index is 3760. The van der Waals surface area contributed by atoms with Crippen LogP contribution in [0.3, 0.4) is 0 Å². The van der Waals surface area contributed by atoms with Crippen LogP contribution in [0.25, 0.3) is 100 Å². The first-order chi connectivity index (χ1) is 30.7. The Morgan fingerprint density at radius 1 is 0.344 bits per heavy atom. The van der Waals surface area contributed by atoms with E-state index in [9.17, 15) is 0 Å². The van der Waals surface area contributed by atoms with Gasteiger partial charge < -0.3 is 8.83 Å². The maximum absolute atomic E-state index is 6.99. The van der Waals surface area contributed by atoms with E-state index in [0.29, 0.717) is 17.5 Å². The Morgan fingerprint density at radius 2 is 0.859 bits per heavy atom. The predicted octanol–water partition coefficient (Wildman–Crippen LogP) is -12.9. The molecule has 7 aromatic carbocycles. The third kappa shape index (κ3) is 5.61. The lowest BCUT2D eigenvalue weighted by molar-refractivity contribution is 0.669. The largest absolute Gasteiger partial charge is 0.457 e. The monoisotopic (exact) mass is 807 g/mol. The van der Waals surface area contributed by atoms with E-state index in [1.165, 1.54) is 115 Å². The van der Waals surface area contributed by atoms with E-state index < -0.39 is 0 Å². The number of nitrogens with zero attached hydrogens (tertiary/aromatic N) is 3. The van der Waals surface area contributed by atoms with E-state index in [4.69, 9.17) is 23.8 Å². The third-order valence-corrected chi connectivity index (χ3v) is 15.7. The molecule has 0 amide bonds. The number of hydrogen-bond acceptors (Lipinski definition) is 5. The van der Waals surface area contributed by atoms with Crippen LogP contribution in [0.5, 0.6) is 0 Å². The van der Waals surface area contributed by atoms with Crippen molar-refractivity contribution in [1.82, 2.24) is 15.0 Å². The number of fused-ring (bicyclic) bond motifs is 5. The molecule has 0 aliphatic carbocycles. The lowest BCUT2D eigenvalue weighted by Crippen LogP contribution is -2.57. The lowest BCUT2D eigenvalue weighted by Gasteiger charge is -2.29. The second kappa shape index (κ2) is 14.5. The van der Waals surface area contributed by atoms with Crippen molar-refractivity contribution in [2.45, 2.75) is 0 Å². The molecule has 5 nitrogen and oxygen atoms in total. The summed E-state index contributed by atoms with van der Waals surface area (Å²) in [6, 6.07) is 24.7. The highest BCUT2D eigenvalue weighted by Gasteiger charge is 2.32. The summed E-state index contributed by atoms with van der Waals surface area (Å²) < 4.78 is 13.4. The van der Waals surface area contributed by atoms with Crippen LogP contribution in [0.4, 0.5) is 0 Å². The van der Waals surface area contributed by atoms with Gasteiger partial charge in [-0.3, -0.25) is 0 Å². The molecule has 0 fully saturated rings. The summed E-state index contributed by atoms with van der Waals surface area (Å²) in [7, 11) is 30.6. The minimum atomic E-state index is 0.610. The van der Waals surface area contributed by atoms with Gasteiger partial charge in [0.15, 0.2) is 24.8 Å². The van der Waals surface area contributed by atoms with Crippen molar-refractivity contribution in [1.29, 1.82) is 0 Å². The molecule has 1 aliphatic rings. The molecule has 0 bridgehead atoms. The number of hydrogen-bond donors (Lipinski definition) is 0. The SMILES string of the molecule is Bc1c(B)c(-c2nc(-c3ccccc3)nc(-c3ccc4c(c3)oc3ccccc34)n2)c(B)c(-c2c(B)c(B)c3c(c2B)-c2c(B)c(B)c(B)c4oc5c(B)c(B)c(B)c(c5c24)B3)c1B. The zero-order valence-electron chi connectivity index (χ0n) is 39.3. The molecule has 11 rings (SSSR count). The number of rotatable bonds is 4. The summed E-state index contributed by atoms with van der Waals surface area (Å²) in [6.45, 7) is 0. The second-order valence-corrected chi connectivity index (χ2v) is 18.6. The number of benzene rings is 7. The van der Waals surface area contributed by atoms with Crippen LogP contribution in [0.15, 0.2) is 81.6 Å². The van der Waals surface area contributed by atoms with Gasteiger partial charge in [-0.05, 0) is 40.5 Å². The first-order valence-electron chi connectivity index (χ1n) is 22.6. The molecule has 3 aromatic heterocycles. The normalized spacial score (nSPS) is 12.1. The van der Waals surface area contributed by atoms with Crippen LogP contribution < -0.4 is 81.9 Å². The van der Waals surface area contributed by atoms with Gasteiger partial charge >= 0.3 is 0 Å². The van der Waals surface area contributed by atoms with Gasteiger partial charge in [-0.2, -0.15) is 0 Å². The van der Waals surface area contributed by atoms with Gasteiger partial charge in [0.1, 0.15) is 124 Å². The Kier molecular flexibility index (Phi) is 9.27. The van der Waals surface area contributed by atoms with Crippen molar-refractivity contribution in [3.63, 3.8) is 0 Å². The fourth-order valence-corrected chi connectivity index (χ4v) is 11.3. The molecular formula is C45H39B14N3O2. The molecule has 0 spiro atoms. The summed E-state index contributed by atoms with van der Waals surface area (Å²) in [5.41, 5.74) is 31.3. The molecular weight excluding hydrogens is 766 g/mol. The number of para-hydroxylation sites is 1. The minimum Gasteiger partial charge on any atom is -0.457 e. The zero-order valence-corrected chi connectivity index (χ0v) is 39.3. The van der Waals surface area contributed by atoms with Crippen LogP contribution in [-0.2, 0) is 0 Å². The van der Waals surface area contributed by atoms with Crippen LogP contribution in [0.2, 0.25) is 0 Å². The van der Waals surface area contributed by atoms with Gasteiger partial charge in [0.2, 0.25) is 0 Å². The van der Waals surface area contributed by atoms with Crippen LogP contribution in [0.1, 0.15) is 0 Å². The van der Waals surface area contributed by atoms with Crippen molar-refractivity contribution in [2.75, 3.05) is 0 Å². The highest BCUT2D eigenvalue weighted by atomic mass is 16.3. The van der Waals surface area contributed by atoms with E-state index in [1.54, 1.807) is 0 Å². The Morgan fingerprint density at radius 3 is 1.58 bits per heavy atom. The second-order valence-electron chi connectivity index (χ2n) is 18.6. The number of furan rings is 2. The van der Waals surface area contributed by atoms with Gasteiger partial charge in [-0.25, -0.2) is 15.0 Å². The van der Waals surface area contributed by atoms with Crippen molar-refractivity contribution in [3.8, 4) is 56.4 Å². The standard InChI is InChI=1S/C45H39B14N3O2/c46-26-21(30(50)35(55)39-23(26)19-20-24-40(59-39)36(56)34(54)38(58)42(24)64-41(20)37(57)33(53)28(19)48)22-27(47)25(31(51)32(52)29(22)49)45-61-43(13-6-2-1-3-7-13)60-44(62-45)14-10-11-16-15-8-4-5-9-17(15)63-18(16)12-14/h1-12,59H,46-58H2. The Hall–Kier alpha value is -5.94. The Balaban J connectivity index is 1.19. The summed E-state index contributed by atoms with van der Waals surface area (Å²) in [6.07, 6.45) is 0. The van der Waals surface area contributed by atoms with E-state index >= 15 is 0 Å². The van der Waals surface area contributed by atoms with Crippen molar-refractivity contribution in [3.05, 3.63) is 72.8 Å². The Labute approximate surface area is 386 Å².